The Labute approximate surface area is 178 Å². The third-order valence-corrected chi connectivity index (χ3v) is 6.31. The first-order chi connectivity index (χ1) is 14.7. The molecule has 31 heavy (non-hydrogen) atoms. The van der Waals surface area contributed by atoms with Gasteiger partial charge in [0.15, 0.2) is 5.65 Å². The van der Waals surface area contributed by atoms with Gasteiger partial charge in [-0.15, -0.1) is 5.10 Å². The molecule has 3 heterocycles. The lowest BCUT2D eigenvalue weighted by atomic mass is 9.90. The Morgan fingerprint density at radius 3 is 2.48 bits per heavy atom. The number of hydrogen-bond donors (Lipinski definition) is 0. The fourth-order valence-electron chi connectivity index (χ4n) is 4.72. The van der Waals surface area contributed by atoms with Crippen LogP contribution in [0.2, 0.25) is 0 Å². The van der Waals surface area contributed by atoms with E-state index in [1.807, 2.05) is 19.9 Å². The van der Waals surface area contributed by atoms with Crippen LogP contribution in [0.1, 0.15) is 56.5 Å². The Morgan fingerprint density at radius 1 is 1.19 bits per heavy atom. The molecule has 0 unspecified atom stereocenters. The van der Waals surface area contributed by atoms with E-state index in [1.54, 1.807) is 21.4 Å². The van der Waals surface area contributed by atoms with Gasteiger partial charge >= 0.3 is 5.69 Å². The summed E-state index contributed by atoms with van der Waals surface area (Å²) >= 11 is 0. The quantitative estimate of drug-likeness (QED) is 0.650. The molecular weight excluding hydrogens is 399 g/mol. The fraction of sp³-hybridized carbons (Fsp3) is 0.391. The van der Waals surface area contributed by atoms with Gasteiger partial charge in [0.05, 0.1) is 17.4 Å². The average Bonchev–Trinajstić information content (AvgIpc) is 3.15. The maximum absolute atomic E-state index is 13.4. The van der Waals surface area contributed by atoms with Crippen LogP contribution in [0.3, 0.4) is 0 Å². The molecule has 2 aliphatic rings. The summed E-state index contributed by atoms with van der Waals surface area (Å²) in [6.45, 7) is 5.99. The van der Waals surface area contributed by atoms with Crippen molar-refractivity contribution in [1.29, 1.82) is 0 Å². The number of amides is 1. The first kappa shape index (κ1) is 19.7. The average molecular weight is 422 g/mol. The number of halogens is 1. The molecule has 1 aliphatic carbocycles. The number of Topliss-reactive ketones (excluding diaryl/α,β-unsaturated/α-hetero) is 1. The first-order valence-corrected chi connectivity index (χ1v) is 10.4. The minimum Gasteiger partial charge on any atom is -0.310 e. The minimum absolute atomic E-state index is 0.0936. The van der Waals surface area contributed by atoms with E-state index in [1.165, 1.54) is 23.7 Å². The summed E-state index contributed by atoms with van der Waals surface area (Å²) in [5.74, 6) is -0.291. The molecule has 0 bridgehead atoms. The van der Waals surface area contributed by atoms with Gasteiger partial charge in [0.2, 0.25) is 5.91 Å². The zero-order chi connectivity index (χ0) is 22.1. The van der Waals surface area contributed by atoms with Crippen molar-refractivity contribution in [2.45, 2.75) is 51.5 Å². The van der Waals surface area contributed by atoms with Crippen molar-refractivity contribution in [2.24, 2.45) is 0 Å². The number of fused-ring (bicyclic) bond motifs is 3. The number of pyridine rings is 1. The number of ketones is 1. The number of nitrogens with zero attached hydrogens (tertiary/aromatic N) is 4. The second-order valence-electron chi connectivity index (χ2n) is 9.18. The molecular formula is C23H23FN4O3. The summed E-state index contributed by atoms with van der Waals surface area (Å²) in [4.78, 5) is 39.0. The van der Waals surface area contributed by atoms with Crippen molar-refractivity contribution in [3.63, 3.8) is 0 Å². The van der Waals surface area contributed by atoms with Crippen LogP contribution in [-0.2, 0) is 21.4 Å². The molecule has 0 atom stereocenters. The van der Waals surface area contributed by atoms with Gasteiger partial charge in [0, 0.05) is 43.7 Å². The Balaban J connectivity index is 1.76. The van der Waals surface area contributed by atoms with Crippen molar-refractivity contribution in [2.75, 3.05) is 11.4 Å². The predicted octanol–water partition coefficient (Wildman–Crippen LogP) is 2.77. The lowest BCUT2D eigenvalue weighted by Crippen LogP contribution is -2.36. The maximum Gasteiger partial charge on any atom is 0.350 e. The van der Waals surface area contributed by atoms with E-state index in [0.29, 0.717) is 37.1 Å². The lowest BCUT2D eigenvalue weighted by molar-refractivity contribution is -0.126. The van der Waals surface area contributed by atoms with Gasteiger partial charge in [0.25, 0.3) is 0 Å². The van der Waals surface area contributed by atoms with Gasteiger partial charge in [0.1, 0.15) is 11.6 Å². The number of hydrogen-bond acceptors (Lipinski definition) is 4. The van der Waals surface area contributed by atoms with Crippen LogP contribution in [-0.4, -0.2) is 32.4 Å². The van der Waals surface area contributed by atoms with Crippen LogP contribution in [0.15, 0.2) is 35.1 Å². The van der Waals surface area contributed by atoms with Crippen LogP contribution in [0.4, 0.5) is 10.1 Å². The molecule has 1 saturated carbocycles. The zero-order valence-electron chi connectivity index (χ0n) is 17.7. The van der Waals surface area contributed by atoms with Gasteiger partial charge in [-0.05, 0) is 23.8 Å². The highest BCUT2D eigenvalue weighted by atomic mass is 19.1. The third kappa shape index (κ3) is 3.00. The maximum atomic E-state index is 13.4. The molecule has 1 amide bonds. The Hall–Kier alpha value is -3.29. The minimum atomic E-state index is -0.444. The van der Waals surface area contributed by atoms with Crippen molar-refractivity contribution in [3.05, 3.63) is 63.5 Å². The standard InChI is InChI=1S/C23H23FN4O3/c1-13(29)26-12-23(2,3)20-19(26)9-15(8-14-4-6-16(24)7-5-14)21-25-28(22(31)27(20)21)17-10-18(30)11-17/h4-7,9,17H,8,10-12H2,1-3H3. The molecule has 1 fully saturated rings. The van der Waals surface area contributed by atoms with Gasteiger partial charge in [-0.25, -0.2) is 18.3 Å². The summed E-state index contributed by atoms with van der Waals surface area (Å²) in [5, 5.41) is 4.63. The molecule has 0 saturated heterocycles. The Morgan fingerprint density at radius 2 is 1.87 bits per heavy atom. The first-order valence-electron chi connectivity index (χ1n) is 10.4. The molecule has 1 aromatic carbocycles. The molecule has 8 heteroatoms. The van der Waals surface area contributed by atoms with Gasteiger partial charge in [-0.3, -0.25) is 9.59 Å². The van der Waals surface area contributed by atoms with E-state index >= 15 is 0 Å². The van der Waals surface area contributed by atoms with Crippen molar-refractivity contribution >= 4 is 23.0 Å². The summed E-state index contributed by atoms with van der Waals surface area (Å²) in [6, 6.07) is 7.89. The largest absolute Gasteiger partial charge is 0.350 e. The van der Waals surface area contributed by atoms with E-state index in [-0.39, 0.29) is 29.2 Å². The monoisotopic (exact) mass is 422 g/mol. The van der Waals surface area contributed by atoms with Crippen molar-refractivity contribution in [3.8, 4) is 0 Å². The number of benzene rings is 1. The van der Waals surface area contributed by atoms with E-state index < -0.39 is 5.41 Å². The highest BCUT2D eigenvalue weighted by Crippen LogP contribution is 2.42. The SMILES string of the molecule is CC(=O)N1CC(C)(C)c2c1cc(Cc1ccc(F)cc1)c1nn(C3CC(=O)C3)c(=O)n21. The van der Waals surface area contributed by atoms with Crippen molar-refractivity contribution < 1.29 is 14.0 Å². The molecule has 1 aliphatic heterocycles. The van der Waals surface area contributed by atoms with Gasteiger partial charge in [-0.1, -0.05) is 26.0 Å². The number of carbonyl (C=O) groups is 2. The van der Waals surface area contributed by atoms with Crippen molar-refractivity contribution in [1.82, 2.24) is 14.2 Å². The molecule has 3 aromatic rings. The number of carbonyl (C=O) groups excluding carboxylic acids is 2. The van der Waals surface area contributed by atoms with Gasteiger partial charge < -0.3 is 4.90 Å². The Kier molecular flexibility index (Phi) is 4.19. The van der Waals surface area contributed by atoms with Crippen LogP contribution >= 0.6 is 0 Å². The Bertz CT molecular complexity index is 1300. The lowest BCUT2D eigenvalue weighted by Gasteiger charge is -2.22. The van der Waals surface area contributed by atoms with Gasteiger partial charge in [-0.2, -0.15) is 0 Å². The molecule has 7 nitrogen and oxygen atoms in total. The fourth-order valence-corrected chi connectivity index (χ4v) is 4.72. The summed E-state index contributed by atoms with van der Waals surface area (Å²) in [6.07, 6.45) is 1.05. The summed E-state index contributed by atoms with van der Waals surface area (Å²) in [7, 11) is 0. The molecule has 0 radical (unpaired) electrons. The van der Waals surface area contributed by atoms with E-state index in [0.717, 1.165) is 16.8 Å². The molecule has 0 spiro atoms. The van der Waals surface area contributed by atoms with E-state index in [9.17, 15) is 18.8 Å². The van der Waals surface area contributed by atoms with E-state index in [2.05, 4.69) is 5.10 Å². The van der Waals surface area contributed by atoms with Crippen LogP contribution in [0.5, 0.6) is 0 Å². The van der Waals surface area contributed by atoms with Crippen LogP contribution in [0.25, 0.3) is 5.65 Å². The molecule has 160 valence electrons. The second-order valence-corrected chi connectivity index (χ2v) is 9.18. The molecule has 0 N–H and O–H groups in total. The highest BCUT2D eigenvalue weighted by molar-refractivity contribution is 5.95. The smallest absolute Gasteiger partial charge is 0.310 e. The molecule has 2 aromatic heterocycles. The number of anilines is 1. The zero-order valence-corrected chi connectivity index (χ0v) is 17.7. The summed E-state index contributed by atoms with van der Waals surface area (Å²) < 4.78 is 16.4. The number of rotatable bonds is 3. The topological polar surface area (TPSA) is 76.7 Å². The second kappa shape index (κ2) is 6.60. The summed E-state index contributed by atoms with van der Waals surface area (Å²) in [5.41, 5.74) is 2.89. The third-order valence-electron chi connectivity index (χ3n) is 6.31. The predicted molar refractivity (Wildman–Crippen MR) is 113 cm³/mol. The van der Waals surface area contributed by atoms with Crippen LogP contribution < -0.4 is 10.6 Å². The molecule has 5 rings (SSSR count). The number of aromatic nitrogens is 3. The highest BCUT2D eigenvalue weighted by Gasteiger charge is 2.41. The van der Waals surface area contributed by atoms with Crippen LogP contribution in [0, 0.1) is 5.82 Å². The normalized spacial score (nSPS) is 17.8. The van der Waals surface area contributed by atoms with E-state index in [4.69, 9.17) is 0 Å².